The molecule has 5 heteroatoms. The zero-order chi connectivity index (χ0) is 20.2. The summed E-state index contributed by atoms with van der Waals surface area (Å²) in [6.45, 7) is 10.6. The minimum absolute atomic E-state index is 0.0136. The Labute approximate surface area is 173 Å². The number of pyridine rings is 1. The highest BCUT2D eigenvalue weighted by Crippen LogP contribution is 2.24. The topological polar surface area (TPSA) is 43.2 Å². The van der Waals surface area contributed by atoms with Gasteiger partial charge < -0.3 is 4.74 Å². The van der Waals surface area contributed by atoms with Crippen LogP contribution >= 0.6 is 0 Å². The van der Waals surface area contributed by atoms with E-state index in [1.807, 2.05) is 4.68 Å². The molecular formula is C24H30N4O. The lowest BCUT2D eigenvalue weighted by molar-refractivity contribution is -0.0351. The Morgan fingerprint density at radius 1 is 1.10 bits per heavy atom. The number of benzene rings is 1. The molecule has 0 radical (unpaired) electrons. The smallest absolute Gasteiger partial charge is 0.112 e. The van der Waals surface area contributed by atoms with Crippen LogP contribution in [0.3, 0.4) is 0 Å². The van der Waals surface area contributed by atoms with E-state index in [2.05, 4.69) is 79.4 Å². The Morgan fingerprint density at radius 2 is 1.93 bits per heavy atom. The molecule has 1 saturated heterocycles. The number of nitrogens with zero attached hydrogens (tertiary/aromatic N) is 4. The summed E-state index contributed by atoms with van der Waals surface area (Å²) in [7, 11) is 0. The maximum Gasteiger partial charge on any atom is 0.112 e. The molecule has 0 spiro atoms. The fourth-order valence-corrected chi connectivity index (χ4v) is 4.01. The number of morpholine rings is 1. The second-order valence-electron chi connectivity index (χ2n) is 7.89. The maximum atomic E-state index is 6.12. The Balaban J connectivity index is 1.48. The Morgan fingerprint density at radius 3 is 2.69 bits per heavy atom. The molecule has 152 valence electrons. The van der Waals surface area contributed by atoms with E-state index in [0.717, 1.165) is 56.3 Å². The van der Waals surface area contributed by atoms with Crippen LogP contribution in [0.15, 0.2) is 48.7 Å². The van der Waals surface area contributed by atoms with E-state index in [1.54, 1.807) is 0 Å². The third-order valence-electron chi connectivity index (χ3n) is 5.53. The second kappa shape index (κ2) is 8.89. The highest BCUT2D eigenvalue weighted by Gasteiger charge is 2.24. The normalized spacial score (nSPS) is 17.6. The summed E-state index contributed by atoms with van der Waals surface area (Å²) in [5.41, 5.74) is 7.12. The fourth-order valence-electron chi connectivity index (χ4n) is 4.01. The average molecular weight is 391 g/mol. The first-order valence-corrected chi connectivity index (χ1v) is 10.5. The molecule has 4 rings (SSSR count). The molecular weight excluding hydrogens is 360 g/mol. The van der Waals surface area contributed by atoms with E-state index in [4.69, 9.17) is 9.72 Å². The molecule has 0 saturated carbocycles. The first-order chi connectivity index (χ1) is 14.1. The van der Waals surface area contributed by atoms with Crippen LogP contribution in [0.2, 0.25) is 0 Å². The second-order valence-corrected chi connectivity index (χ2v) is 7.89. The number of hydrogen-bond donors (Lipinski definition) is 0. The number of aryl methyl sites for hydroxylation is 3. The van der Waals surface area contributed by atoms with E-state index in [0.29, 0.717) is 0 Å². The summed E-state index contributed by atoms with van der Waals surface area (Å²) >= 11 is 0. The van der Waals surface area contributed by atoms with Gasteiger partial charge in [0.05, 0.1) is 18.0 Å². The third-order valence-corrected chi connectivity index (χ3v) is 5.53. The van der Waals surface area contributed by atoms with Gasteiger partial charge in [-0.15, -0.1) is 0 Å². The van der Waals surface area contributed by atoms with Gasteiger partial charge in [-0.3, -0.25) is 14.6 Å². The monoisotopic (exact) mass is 390 g/mol. The molecule has 1 fully saturated rings. The van der Waals surface area contributed by atoms with Crippen molar-refractivity contribution in [1.82, 2.24) is 19.7 Å². The number of rotatable bonds is 6. The Hall–Kier alpha value is -2.50. The van der Waals surface area contributed by atoms with Gasteiger partial charge in [0.1, 0.15) is 6.10 Å². The van der Waals surface area contributed by atoms with Gasteiger partial charge in [0.25, 0.3) is 0 Å². The van der Waals surface area contributed by atoms with E-state index in [-0.39, 0.29) is 6.10 Å². The Kier molecular flexibility index (Phi) is 6.07. The first-order valence-electron chi connectivity index (χ1n) is 10.5. The highest BCUT2D eigenvalue weighted by molar-refractivity contribution is 5.29. The number of aromatic nitrogens is 3. The van der Waals surface area contributed by atoms with Crippen LogP contribution in [0.5, 0.6) is 0 Å². The van der Waals surface area contributed by atoms with Crippen LogP contribution in [0, 0.1) is 13.8 Å². The van der Waals surface area contributed by atoms with Crippen LogP contribution in [0.1, 0.15) is 46.8 Å². The van der Waals surface area contributed by atoms with Crippen LogP contribution in [0.25, 0.3) is 0 Å². The zero-order valence-electron chi connectivity index (χ0n) is 17.6. The van der Waals surface area contributed by atoms with E-state index in [9.17, 15) is 0 Å². The summed E-state index contributed by atoms with van der Waals surface area (Å²) in [6, 6.07) is 15.0. The molecule has 1 atom stereocenters. The summed E-state index contributed by atoms with van der Waals surface area (Å²) in [5, 5.41) is 4.58. The molecule has 0 N–H and O–H groups in total. The average Bonchev–Trinajstić information content (AvgIpc) is 3.08. The van der Waals surface area contributed by atoms with Crippen molar-refractivity contribution in [2.24, 2.45) is 0 Å². The summed E-state index contributed by atoms with van der Waals surface area (Å²) in [6.07, 6.45) is 3.10. The Bertz CT molecular complexity index is 951. The van der Waals surface area contributed by atoms with Gasteiger partial charge >= 0.3 is 0 Å². The molecule has 29 heavy (non-hydrogen) atoms. The van der Waals surface area contributed by atoms with Crippen LogP contribution in [0.4, 0.5) is 0 Å². The molecule has 5 nitrogen and oxygen atoms in total. The van der Waals surface area contributed by atoms with Crippen molar-refractivity contribution in [3.63, 3.8) is 0 Å². The molecule has 0 unspecified atom stereocenters. The summed E-state index contributed by atoms with van der Waals surface area (Å²) < 4.78 is 8.14. The lowest BCUT2D eigenvalue weighted by atomic mass is 10.0. The third kappa shape index (κ3) is 4.92. The van der Waals surface area contributed by atoms with Crippen molar-refractivity contribution in [1.29, 1.82) is 0 Å². The molecule has 2 aromatic heterocycles. The quantitative estimate of drug-likeness (QED) is 0.636. The predicted octanol–water partition coefficient (Wildman–Crippen LogP) is 4.08. The summed E-state index contributed by atoms with van der Waals surface area (Å²) in [5.74, 6) is 0. The molecule has 0 aliphatic carbocycles. The molecule has 0 bridgehead atoms. The maximum absolute atomic E-state index is 6.12. The lowest BCUT2D eigenvalue weighted by Crippen LogP contribution is -2.38. The molecule has 0 amide bonds. The molecule has 3 aromatic rings. The summed E-state index contributed by atoms with van der Waals surface area (Å²) in [4.78, 5) is 7.26. The van der Waals surface area contributed by atoms with Crippen molar-refractivity contribution in [3.05, 3.63) is 82.4 Å². The van der Waals surface area contributed by atoms with Gasteiger partial charge in [-0.25, -0.2) is 0 Å². The first kappa shape index (κ1) is 19.8. The van der Waals surface area contributed by atoms with Gasteiger partial charge in [-0.1, -0.05) is 30.3 Å². The van der Waals surface area contributed by atoms with Gasteiger partial charge in [-0.2, -0.15) is 5.10 Å². The highest BCUT2D eigenvalue weighted by atomic mass is 16.5. The molecule has 1 aliphatic rings. The van der Waals surface area contributed by atoms with E-state index < -0.39 is 0 Å². The van der Waals surface area contributed by atoms with Gasteiger partial charge in [0.2, 0.25) is 0 Å². The van der Waals surface area contributed by atoms with Gasteiger partial charge in [0, 0.05) is 43.6 Å². The molecule has 1 aliphatic heterocycles. The van der Waals surface area contributed by atoms with E-state index >= 15 is 0 Å². The SMILES string of the molecule is CCn1cc(CN2CCO[C@@H](c3cc(Cc4ccccc4)cc(C)n3)C2)c(C)n1. The van der Waals surface area contributed by atoms with Crippen LogP contribution in [-0.4, -0.2) is 39.4 Å². The van der Waals surface area contributed by atoms with E-state index in [1.165, 1.54) is 16.7 Å². The minimum atomic E-state index is 0.0136. The van der Waals surface area contributed by atoms with Crippen LogP contribution in [-0.2, 0) is 24.2 Å². The fraction of sp³-hybridized carbons (Fsp3) is 0.417. The standard InChI is InChI=1S/C24H30N4O/c1-4-28-16-22(19(3)26-28)15-27-10-11-29-24(17-27)23-14-21(12-18(2)25-23)13-20-8-6-5-7-9-20/h5-9,12,14,16,24H,4,10-11,13,15,17H2,1-3H3/t24-/m1/s1. The van der Waals surface area contributed by atoms with Crippen molar-refractivity contribution in [2.45, 2.75) is 46.4 Å². The van der Waals surface area contributed by atoms with Crippen molar-refractivity contribution < 1.29 is 4.74 Å². The largest absolute Gasteiger partial charge is 0.369 e. The number of hydrogen-bond acceptors (Lipinski definition) is 4. The van der Waals surface area contributed by atoms with Gasteiger partial charge in [0.15, 0.2) is 0 Å². The molecule has 3 heterocycles. The van der Waals surface area contributed by atoms with Crippen molar-refractivity contribution in [2.75, 3.05) is 19.7 Å². The number of ether oxygens (including phenoxy) is 1. The minimum Gasteiger partial charge on any atom is -0.369 e. The van der Waals surface area contributed by atoms with Gasteiger partial charge in [-0.05, 0) is 50.5 Å². The van der Waals surface area contributed by atoms with Crippen molar-refractivity contribution >= 4 is 0 Å². The molecule has 1 aromatic carbocycles. The lowest BCUT2D eigenvalue weighted by Gasteiger charge is -2.32. The zero-order valence-corrected chi connectivity index (χ0v) is 17.6. The van der Waals surface area contributed by atoms with Crippen LogP contribution < -0.4 is 0 Å². The van der Waals surface area contributed by atoms with Crippen molar-refractivity contribution in [3.8, 4) is 0 Å². The predicted molar refractivity (Wildman–Crippen MR) is 115 cm³/mol.